The van der Waals surface area contributed by atoms with Crippen molar-refractivity contribution in [2.24, 2.45) is 11.3 Å². The molecule has 0 unspecified atom stereocenters. The van der Waals surface area contributed by atoms with Gasteiger partial charge in [0.05, 0.1) is 29.8 Å². The molecule has 2 aliphatic carbocycles. The van der Waals surface area contributed by atoms with Crippen LogP contribution in [0.5, 0.6) is 0 Å². The van der Waals surface area contributed by atoms with Gasteiger partial charge in [-0.25, -0.2) is 30.8 Å². The van der Waals surface area contributed by atoms with Gasteiger partial charge in [-0.1, -0.05) is 24.8 Å². The molecule has 0 aromatic heterocycles. The second-order valence-corrected chi connectivity index (χ2v) is 19.1. The van der Waals surface area contributed by atoms with Crippen molar-refractivity contribution in [2.75, 3.05) is 20.1 Å². The number of carbonyl (C=O) groups excluding carboxylic acids is 5. The van der Waals surface area contributed by atoms with Crippen LogP contribution in [0.1, 0.15) is 64.0 Å². The van der Waals surface area contributed by atoms with Crippen molar-refractivity contribution in [1.29, 1.82) is 0 Å². The number of nitrogens with one attached hydrogen (secondary N) is 2. The van der Waals surface area contributed by atoms with Crippen molar-refractivity contribution in [2.45, 2.75) is 95.0 Å². The van der Waals surface area contributed by atoms with E-state index in [0.29, 0.717) is 29.4 Å². The van der Waals surface area contributed by atoms with E-state index in [1.807, 2.05) is 0 Å². The number of Topliss-reactive ketones (excluding diaryl/α,β-unsaturated/α-hetero) is 1. The van der Waals surface area contributed by atoms with E-state index in [2.05, 4.69) is 23.2 Å². The molecule has 2 saturated carbocycles. The molecule has 54 heavy (non-hydrogen) atoms. The molecule has 1 saturated heterocycles. The van der Waals surface area contributed by atoms with Gasteiger partial charge in [-0.15, -0.1) is 6.58 Å². The lowest BCUT2D eigenvalue weighted by Gasteiger charge is -2.31. The molecule has 2 N–H and O–H groups in total. The number of sulfonamides is 2. The van der Waals surface area contributed by atoms with Crippen molar-refractivity contribution in [3.05, 3.63) is 59.8 Å². The molecule has 2 aliphatic heterocycles. The SMILES string of the molecule is C=C[C@@H]1C[C@]1(CC(=O)[C@@H]1C[C@@H](OC(=O)N2Cc3cccc(F)c3C2)CN1C(=O)[C@H](CN(C)S(=O)(=O)C=C)NC(=O)OC(C)(C)C)C(=O)NS(=O)(=O)C1CC1. The molecule has 4 amide bonds. The monoisotopic (exact) mass is 795 g/mol. The van der Waals surface area contributed by atoms with Crippen LogP contribution in [0.2, 0.25) is 0 Å². The lowest BCUT2D eigenvalue weighted by atomic mass is 9.91. The summed E-state index contributed by atoms with van der Waals surface area (Å²) in [7, 11) is -6.91. The number of hydrogen-bond acceptors (Lipinski definition) is 11. The quantitative estimate of drug-likeness (QED) is 0.262. The molecule has 0 radical (unpaired) electrons. The number of hydrogen-bond donors (Lipinski definition) is 2. The number of rotatable bonds is 14. The van der Waals surface area contributed by atoms with Gasteiger partial charge in [0.25, 0.3) is 0 Å². The number of nitrogens with zero attached hydrogens (tertiary/aromatic N) is 3. The molecule has 16 nitrogen and oxygen atoms in total. The van der Waals surface area contributed by atoms with Crippen LogP contribution in [-0.4, -0.2) is 110 Å². The lowest BCUT2D eigenvalue weighted by Crippen LogP contribution is -2.56. The molecule has 5 rings (SSSR count). The summed E-state index contributed by atoms with van der Waals surface area (Å²) < 4.78 is 78.9. The fraction of sp³-hybridized carbons (Fsp3) is 0.571. The van der Waals surface area contributed by atoms with Crippen molar-refractivity contribution in [3.8, 4) is 0 Å². The Labute approximate surface area is 314 Å². The Morgan fingerprint density at radius 2 is 1.80 bits per heavy atom. The summed E-state index contributed by atoms with van der Waals surface area (Å²) in [5.74, 6) is -3.49. The number of likely N-dealkylation sites (N-methyl/N-ethyl adjacent to an activating group) is 1. The number of amides is 4. The van der Waals surface area contributed by atoms with Gasteiger partial charge in [-0.05, 0) is 57.6 Å². The van der Waals surface area contributed by atoms with E-state index >= 15 is 0 Å². The van der Waals surface area contributed by atoms with Crippen LogP contribution in [0.15, 0.2) is 42.8 Å². The number of alkyl carbamates (subject to hydrolysis) is 1. The molecule has 5 atom stereocenters. The maximum atomic E-state index is 14.4. The van der Waals surface area contributed by atoms with Crippen molar-refractivity contribution in [3.63, 3.8) is 0 Å². The highest BCUT2D eigenvalue weighted by Gasteiger charge is 2.61. The molecule has 0 spiro atoms. The van der Waals surface area contributed by atoms with E-state index in [-0.39, 0.29) is 32.5 Å². The molecule has 4 aliphatic rings. The van der Waals surface area contributed by atoms with Crippen LogP contribution in [-0.2, 0) is 57.0 Å². The Bertz CT molecular complexity index is 1960. The van der Waals surface area contributed by atoms with Gasteiger partial charge >= 0.3 is 12.2 Å². The third-order valence-corrected chi connectivity index (χ3v) is 13.3. The van der Waals surface area contributed by atoms with Gasteiger partial charge in [0.2, 0.25) is 31.9 Å². The second-order valence-electron chi connectivity index (χ2n) is 15.2. The highest BCUT2D eigenvalue weighted by atomic mass is 32.2. The van der Waals surface area contributed by atoms with Crippen LogP contribution < -0.4 is 10.0 Å². The van der Waals surface area contributed by atoms with Crippen LogP contribution in [0.25, 0.3) is 0 Å². The largest absolute Gasteiger partial charge is 0.444 e. The number of ether oxygens (including phenoxy) is 2. The number of halogens is 1. The van der Waals surface area contributed by atoms with Gasteiger partial charge in [-0.3, -0.25) is 24.0 Å². The third-order valence-electron chi connectivity index (χ3n) is 10.0. The van der Waals surface area contributed by atoms with Crippen molar-refractivity contribution in [1.82, 2.24) is 24.1 Å². The Balaban J connectivity index is 1.42. The Morgan fingerprint density at radius 3 is 2.37 bits per heavy atom. The lowest BCUT2D eigenvalue weighted by molar-refractivity contribution is -0.140. The maximum Gasteiger partial charge on any atom is 0.410 e. The first kappa shape index (κ1) is 40.8. The zero-order valence-corrected chi connectivity index (χ0v) is 32.2. The van der Waals surface area contributed by atoms with Crippen LogP contribution in [0.4, 0.5) is 14.0 Å². The average Bonchev–Trinajstić information content (AvgIpc) is 3.97. The standard InChI is InChI=1S/C35H46FN5O11S2/c1-7-22-15-35(22,31(44)38-54(49,50)24-12-13-24)16-29(42)28-14-23(51-33(46)40-17-21-10-9-11-26(36)25(21)19-40)18-41(28)30(43)27(20-39(6)53(47,48)8-2)37-32(45)52-34(3,4)5/h7-11,22-24,27-28H,1-2,12-20H2,3-6H3,(H,37,45)(H,38,44)/t22-,23-,27+,28+,35-/m1/s1. The zero-order chi connectivity index (χ0) is 40.0. The van der Waals surface area contributed by atoms with E-state index in [1.54, 1.807) is 26.8 Å². The topological polar surface area (TPSA) is 206 Å². The zero-order valence-electron chi connectivity index (χ0n) is 30.6. The summed E-state index contributed by atoms with van der Waals surface area (Å²) in [6.45, 7) is 10.7. The first-order chi connectivity index (χ1) is 25.1. The predicted molar refractivity (Wildman–Crippen MR) is 191 cm³/mol. The van der Waals surface area contributed by atoms with Crippen LogP contribution in [0.3, 0.4) is 0 Å². The molecule has 3 fully saturated rings. The Hall–Kier alpha value is -4.36. The van der Waals surface area contributed by atoms with Crippen molar-refractivity contribution < 1.29 is 54.7 Å². The molecule has 2 heterocycles. The number of likely N-dealkylation sites (tertiary alicyclic amines) is 1. The van der Waals surface area contributed by atoms with Crippen LogP contribution >= 0.6 is 0 Å². The summed E-state index contributed by atoms with van der Waals surface area (Å²) in [5.41, 5.74) is -1.56. The summed E-state index contributed by atoms with van der Waals surface area (Å²) in [4.78, 5) is 70.7. The predicted octanol–water partition coefficient (Wildman–Crippen LogP) is 2.31. The number of benzene rings is 1. The number of fused-ring (bicyclic) bond motifs is 1. The van der Waals surface area contributed by atoms with E-state index in [9.17, 15) is 45.2 Å². The minimum Gasteiger partial charge on any atom is -0.444 e. The summed E-state index contributed by atoms with van der Waals surface area (Å²) in [5, 5.41) is 2.34. The minimum atomic E-state index is -4.10. The fourth-order valence-corrected chi connectivity index (χ4v) is 8.79. The van der Waals surface area contributed by atoms with E-state index in [0.717, 1.165) is 16.3 Å². The van der Waals surface area contributed by atoms with Gasteiger partial charge < -0.3 is 19.7 Å². The van der Waals surface area contributed by atoms with Gasteiger partial charge in [0.1, 0.15) is 23.6 Å². The fourth-order valence-electron chi connectivity index (χ4n) is 6.79. The molecule has 1 aromatic carbocycles. The van der Waals surface area contributed by atoms with Crippen molar-refractivity contribution >= 4 is 49.8 Å². The normalized spacial score (nSPS) is 24.3. The van der Waals surface area contributed by atoms with E-state index in [1.165, 1.54) is 23.1 Å². The molecule has 0 bridgehead atoms. The minimum absolute atomic E-state index is 0.0555. The Morgan fingerprint density at radius 1 is 1.11 bits per heavy atom. The van der Waals surface area contributed by atoms with Crippen LogP contribution in [0, 0.1) is 17.2 Å². The first-order valence-electron chi connectivity index (χ1n) is 17.4. The number of allylic oxidation sites excluding steroid dienone is 1. The highest BCUT2D eigenvalue weighted by molar-refractivity contribution is 7.92. The maximum absolute atomic E-state index is 14.4. The first-order valence-corrected chi connectivity index (χ1v) is 20.5. The average molecular weight is 796 g/mol. The number of ketones is 1. The summed E-state index contributed by atoms with van der Waals surface area (Å²) in [6.07, 6.45) is -1.38. The molecule has 19 heteroatoms. The molecular formula is C35H46FN5O11S2. The molecular weight excluding hydrogens is 750 g/mol. The summed E-state index contributed by atoms with van der Waals surface area (Å²) >= 11 is 0. The van der Waals surface area contributed by atoms with E-state index in [4.69, 9.17) is 9.47 Å². The Kier molecular flexibility index (Phi) is 11.4. The molecule has 296 valence electrons. The smallest absolute Gasteiger partial charge is 0.410 e. The van der Waals surface area contributed by atoms with Gasteiger partial charge in [0.15, 0.2) is 5.78 Å². The van der Waals surface area contributed by atoms with Gasteiger partial charge in [0, 0.05) is 44.0 Å². The highest BCUT2D eigenvalue weighted by Crippen LogP contribution is 2.57. The second kappa shape index (κ2) is 15.1. The third kappa shape index (κ3) is 8.94. The van der Waals surface area contributed by atoms with Gasteiger partial charge in [-0.2, -0.15) is 4.31 Å². The summed E-state index contributed by atoms with van der Waals surface area (Å²) in [6, 6.07) is 1.49. The number of carbonyl (C=O) groups is 5. The molecule has 1 aromatic rings. The van der Waals surface area contributed by atoms with E-state index < -0.39 is 109 Å².